The first kappa shape index (κ1) is 13.6. The molecule has 1 aromatic rings. The summed E-state index contributed by atoms with van der Waals surface area (Å²) in [7, 11) is 0. The minimum atomic E-state index is 0.302. The molecule has 0 saturated carbocycles. The van der Waals surface area contributed by atoms with Gasteiger partial charge in [-0.25, -0.2) is 4.98 Å². The van der Waals surface area contributed by atoms with Gasteiger partial charge in [0.1, 0.15) is 0 Å². The molecule has 1 unspecified atom stereocenters. The summed E-state index contributed by atoms with van der Waals surface area (Å²) in [6, 6.07) is 0.520. The number of unbranched alkanes of at least 4 members (excludes halogenated alkanes) is 1. The number of hydrogen-bond donors (Lipinski definition) is 2. The van der Waals surface area contributed by atoms with E-state index in [1.165, 1.54) is 17.8 Å². The smallest absolute Gasteiger partial charge is 0.0924 e. The van der Waals surface area contributed by atoms with Gasteiger partial charge in [-0.3, -0.25) is 0 Å². The quantitative estimate of drug-likeness (QED) is 0.653. The van der Waals surface area contributed by atoms with Crippen molar-refractivity contribution in [3.8, 4) is 0 Å². The Morgan fingerprint density at radius 2 is 2.31 bits per heavy atom. The van der Waals surface area contributed by atoms with Crippen molar-refractivity contribution in [3.63, 3.8) is 0 Å². The number of nitrogens with zero attached hydrogens (tertiary/aromatic N) is 1. The van der Waals surface area contributed by atoms with Crippen molar-refractivity contribution < 1.29 is 5.11 Å². The Bertz CT molecular complexity index is 252. The van der Waals surface area contributed by atoms with Gasteiger partial charge in [0.05, 0.1) is 5.01 Å². The van der Waals surface area contributed by atoms with Crippen LogP contribution in [-0.2, 0) is 6.42 Å². The number of nitrogens with one attached hydrogen (secondary N) is 1. The first-order chi connectivity index (χ1) is 7.83. The second-order valence-electron chi connectivity index (χ2n) is 4.10. The number of aliphatic hydroxyl groups is 1. The van der Waals surface area contributed by atoms with Gasteiger partial charge in [-0.15, -0.1) is 11.3 Å². The van der Waals surface area contributed by atoms with E-state index < -0.39 is 0 Å². The maximum absolute atomic E-state index is 8.70. The Morgan fingerprint density at radius 1 is 1.44 bits per heavy atom. The van der Waals surface area contributed by atoms with Gasteiger partial charge >= 0.3 is 0 Å². The first-order valence-electron chi connectivity index (χ1n) is 6.05. The predicted octanol–water partition coefficient (Wildman–Crippen LogP) is 2.22. The zero-order chi connectivity index (χ0) is 11.6. The van der Waals surface area contributed by atoms with Gasteiger partial charge in [-0.05, 0) is 45.6 Å². The van der Waals surface area contributed by atoms with Crippen LogP contribution in [0.15, 0.2) is 11.6 Å². The van der Waals surface area contributed by atoms with Crippen LogP contribution in [0.2, 0.25) is 0 Å². The molecule has 2 N–H and O–H groups in total. The fourth-order valence-corrected chi connectivity index (χ4v) is 2.29. The summed E-state index contributed by atoms with van der Waals surface area (Å²) in [5, 5.41) is 15.4. The number of thiazole rings is 1. The summed E-state index contributed by atoms with van der Waals surface area (Å²) in [4.78, 5) is 4.26. The van der Waals surface area contributed by atoms with E-state index in [9.17, 15) is 0 Å². The van der Waals surface area contributed by atoms with Gasteiger partial charge in [0.15, 0.2) is 0 Å². The Kier molecular flexibility index (Phi) is 7.38. The van der Waals surface area contributed by atoms with E-state index in [2.05, 4.69) is 17.2 Å². The van der Waals surface area contributed by atoms with Crippen LogP contribution >= 0.6 is 11.3 Å². The van der Waals surface area contributed by atoms with Crippen LogP contribution in [-0.4, -0.2) is 29.3 Å². The summed E-state index contributed by atoms with van der Waals surface area (Å²) in [5.74, 6) is 0. The summed E-state index contributed by atoms with van der Waals surface area (Å²) in [6.45, 7) is 3.55. The highest BCUT2D eigenvalue weighted by molar-refractivity contribution is 7.09. The number of aryl methyl sites for hydroxylation is 1. The van der Waals surface area contributed by atoms with Crippen LogP contribution in [0.1, 0.15) is 37.6 Å². The third-order valence-corrected chi connectivity index (χ3v) is 3.43. The number of aliphatic hydroxyl groups excluding tert-OH is 1. The van der Waals surface area contributed by atoms with Crippen molar-refractivity contribution >= 4 is 11.3 Å². The maximum Gasteiger partial charge on any atom is 0.0924 e. The van der Waals surface area contributed by atoms with E-state index in [0.29, 0.717) is 12.6 Å². The molecule has 0 fully saturated rings. The summed E-state index contributed by atoms with van der Waals surface area (Å²) in [6.07, 6.45) is 7.33. The first-order valence-corrected chi connectivity index (χ1v) is 6.93. The van der Waals surface area contributed by atoms with Crippen molar-refractivity contribution in [2.45, 2.75) is 45.1 Å². The maximum atomic E-state index is 8.70. The Hall–Kier alpha value is -0.450. The fraction of sp³-hybridized carbons (Fsp3) is 0.750. The minimum absolute atomic E-state index is 0.302. The minimum Gasteiger partial charge on any atom is -0.396 e. The van der Waals surface area contributed by atoms with Gasteiger partial charge in [0.2, 0.25) is 0 Å². The molecule has 1 heterocycles. The van der Waals surface area contributed by atoms with Crippen molar-refractivity contribution in [2.24, 2.45) is 0 Å². The lowest BCUT2D eigenvalue weighted by Crippen LogP contribution is -2.27. The second-order valence-corrected chi connectivity index (χ2v) is 5.08. The topological polar surface area (TPSA) is 45.1 Å². The SMILES string of the molecule is CC(CCCO)NCCCCc1nccs1. The molecule has 0 aliphatic heterocycles. The third kappa shape index (κ3) is 6.20. The van der Waals surface area contributed by atoms with Gasteiger partial charge < -0.3 is 10.4 Å². The van der Waals surface area contributed by atoms with Crippen molar-refractivity contribution in [1.82, 2.24) is 10.3 Å². The molecule has 1 aromatic heterocycles. The van der Waals surface area contributed by atoms with Crippen molar-refractivity contribution in [1.29, 1.82) is 0 Å². The monoisotopic (exact) mass is 242 g/mol. The van der Waals surface area contributed by atoms with Gasteiger partial charge in [-0.2, -0.15) is 0 Å². The highest BCUT2D eigenvalue weighted by Gasteiger charge is 2.00. The summed E-state index contributed by atoms with van der Waals surface area (Å²) < 4.78 is 0. The molecule has 0 radical (unpaired) electrons. The fourth-order valence-electron chi connectivity index (χ4n) is 1.63. The molecule has 0 aromatic carbocycles. The number of hydrogen-bond acceptors (Lipinski definition) is 4. The molecule has 0 aliphatic rings. The third-order valence-electron chi connectivity index (χ3n) is 2.59. The highest BCUT2D eigenvalue weighted by atomic mass is 32.1. The molecule has 16 heavy (non-hydrogen) atoms. The lowest BCUT2D eigenvalue weighted by atomic mass is 10.2. The molecule has 0 spiro atoms. The predicted molar refractivity (Wildman–Crippen MR) is 68.8 cm³/mol. The highest BCUT2D eigenvalue weighted by Crippen LogP contribution is 2.07. The van der Waals surface area contributed by atoms with Gasteiger partial charge in [0.25, 0.3) is 0 Å². The lowest BCUT2D eigenvalue weighted by Gasteiger charge is -2.12. The van der Waals surface area contributed by atoms with Crippen LogP contribution in [0.3, 0.4) is 0 Å². The molecule has 92 valence electrons. The van der Waals surface area contributed by atoms with E-state index in [0.717, 1.165) is 25.8 Å². The van der Waals surface area contributed by atoms with Crippen LogP contribution in [0.4, 0.5) is 0 Å². The normalized spacial score (nSPS) is 12.9. The lowest BCUT2D eigenvalue weighted by molar-refractivity contribution is 0.276. The largest absolute Gasteiger partial charge is 0.396 e. The summed E-state index contributed by atoms with van der Waals surface area (Å²) in [5.41, 5.74) is 0. The Balaban J connectivity index is 1.91. The molecule has 0 aliphatic carbocycles. The second kappa shape index (κ2) is 8.67. The number of aromatic nitrogens is 1. The average Bonchev–Trinajstić information content (AvgIpc) is 2.79. The van der Waals surface area contributed by atoms with E-state index >= 15 is 0 Å². The molecule has 1 rings (SSSR count). The van der Waals surface area contributed by atoms with Crippen LogP contribution in [0, 0.1) is 0 Å². The summed E-state index contributed by atoms with van der Waals surface area (Å²) >= 11 is 1.74. The van der Waals surface area contributed by atoms with E-state index in [4.69, 9.17) is 5.11 Å². The standard InChI is InChI=1S/C12H22N2OS/c1-11(5-4-9-15)13-7-3-2-6-12-14-8-10-16-12/h8,10-11,13,15H,2-7,9H2,1H3. The molecule has 4 heteroatoms. The molecule has 0 saturated heterocycles. The van der Waals surface area contributed by atoms with Crippen molar-refractivity contribution in [2.75, 3.05) is 13.2 Å². The van der Waals surface area contributed by atoms with E-state index in [-0.39, 0.29) is 0 Å². The zero-order valence-electron chi connectivity index (χ0n) is 9.98. The van der Waals surface area contributed by atoms with Gasteiger partial charge in [-0.1, -0.05) is 0 Å². The Labute approximate surface area is 102 Å². The van der Waals surface area contributed by atoms with E-state index in [1.807, 2.05) is 11.6 Å². The van der Waals surface area contributed by atoms with Crippen LogP contribution < -0.4 is 5.32 Å². The molecular formula is C12H22N2OS. The van der Waals surface area contributed by atoms with E-state index in [1.54, 1.807) is 11.3 Å². The zero-order valence-corrected chi connectivity index (χ0v) is 10.8. The molecule has 1 atom stereocenters. The molecule has 0 bridgehead atoms. The Morgan fingerprint density at radius 3 is 3.00 bits per heavy atom. The van der Waals surface area contributed by atoms with Crippen molar-refractivity contribution in [3.05, 3.63) is 16.6 Å². The van der Waals surface area contributed by atoms with Gasteiger partial charge in [0, 0.05) is 24.2 Å². The molecule has 0 amide bonds. The number of rotatable bonds is 9. The van der Waals surface area contributed by atoms with Crippen LogP contribution in [0.5, 0.6) is 0 Å². The van der Waals surface area contributed by atoms with Crippen LogP contribution in [0.25, 0.3) is 0 Å². The molecule has 3 nitrogen and oxygen atoms in total. The molecular weight excluding hydrogens is 220 g/mol. The average molecular weight is 242 g/mol.